The van der Waals surface area contributed by atoms with Crippen molar-refractivity contribution in [2.45, 2.75) is 52.1 Å². The van der Waals surface area contributed by atoms with Gasteiger partial charge in [0.05, 0.1) is 19.1 Å². The van der Waals surface area contributed by atoms with Crippen LogP contribution in [-0.2, 0) is 9.53 Å². The number of hydrogen-bond acceptors (Lipinski definition) is 3. The van der Waals surface area contributed by atoms with Crippen LogP contribution in [0.15, 0.2) is 0 Å². The number of aliphatic hydroxyl groups is 1. The smallest absolute Gasteiger partial charge is 0.308 e. The van der Waals surface area contributed by atoms with Gasteiger partial charge in [0, 0.05) is 0 Å². The molecule has 0 saturated heterocycles. The Morgan fingerprint density at radius 3 is 2.62 bits per heavy atom. The molecule has 3 nitrogen and oxygen atoms in total. The van der Waals surface area contributed by atoms with Crippen LogP contribution in [0, 0.1) is 0 Å². The highest BCUT2D eigenvalue weighted by atomic mass is 16.5. The Labute approximate surface area is 80.1 Å². The van der Waals surface area contributed by atoms with Gasteiger partial charge in [-0.25, -0.2) is 0 Å². The van der Waals surface area contributed by atoms with Crippen LogP contribution in [0.3, 0.4) is 0 Å². The van der Waals surface area contributed by atoms with Gasteiger partial charge < -0.3 is 9.84 Å². The molecule has 78 valence electrons. The van der Waals surface area contributed by atoms with E-state index in [1.165, 1.54) is 0 Å². The van der Waals surface area contributed by atoms with Crippen molar-refractivity contribution in [1.29, 1.82) is 0 Å². The van der Waals surface area contributed by atoms with Gasteiger partial charge in [-0.05, 0) is 12.8 Å². The largest absolute Gasteiger partial charge is 0.466 e. The van der Waals surface area contributed by atoms with E-state index < -0.39 is 6.10 Å². The van der Waals surface area contributed by atoms with Gasteiger partial charge in [0.25, 0.3) is 0 Å². The van der Waals surface area contributed by atoms with E-state index in [4.69, 9.17) is 9.84 Å². The molecule has 0 unspecified atom stereocenters. The molecule has 0 bridgehead atoms. The van der Waals surface area contributed by atoms with Crippen molar-refractivity contribution in [1.82, 2.24) is 0 Å². The Morgan fingerprint density at radius 2 is 2.08 bits per heavy atom. The van der Waals surface area contributed by atoms with Crippen LogP contribution in [0.25, 0.3) is 0 Å². The third kappa shape index (κ3) is 7.78. The molecule has 0 aromatic heterocycles. The molecular weight excluding hydrogens is 168 g/mol. The number of carbonyl (C=O) groups excluding carboxylic acids is 1. The lowest BCUT2D eigenvalue weighted by Crippen LogP contribution is -2.15. The first kappa shape index (κ1) is 12.4. The maximum Gasteiger partial charge on any atom is 0.308 e. The summed E-state index contributed by atoms with van der Waals surface area (Å²) in [6, 6.07) is 0. The predicted molar refractivity (Wildman–Crippen MR) is 51.4 cm³/mol. The second-order valence-electron chi connectivity index (χ2n) is 3.19. The molecule has 0 rings (SSSR count). The molecule has 0 aliphatic carbocycles. The number of unbranched alkanes of at least 4 members (excludes halogenated alkanes) is 2. The van der Waals surface area contributed by atoms with Crippen molar-refractivity contribution in [3.8, 4) is 0 Å². The van der Waals surface area contributed by atoms with E-state index in [2.05, 4.69) is 6.92 Å². The van der Waals surface area contributed by atoms with Crippen LogP contribution in [0.1, 0.15) is 46.0 Å². The van der Waals surface area contributed by atoms with E-state index in [0.717, 1.165) is 19.3 Å². The van der Waals surface area contributed by atoms with Gasteiger partial charge in [-0.3, -0.25) is 4.79 Å². The molecule has 0 radical (unpaired) electrons. The van der Waals surface area contributed by atoms with E-state index in [1.54, 1.807) is 0 Å². The first-order valence-electron chi connectivity index (χ1n) is 5.04. The second kappa shape index (κ2) is 8.05. The Kier molecular flexibility index (Phi) is 7.69. The van der Waals surface area contributed by atoms with Crippen LogP contribution in [0.4, 0.5) is 0 Å². The monoisotopic (exact) mass is 188 g/mol. The third-order valence-corrected chi connectivity index (χ3v) is 1.88. The van der Waals surface area contributed by atoms with Crippen molar-refractivity contribution >= 4 is 5.97 Å². The van der Waals surface area contributed by atoms with Crippen molar-refractivity contribution in [2.75, 3.05) is 6.61 Å². The molecule has 0 saturated carbocycles. The number of esters is 1. The van der Waals surface area contributed by atoms with Crippen LogP contribution in [0.2, 0.25) is 0 Å². The molecule has 0 aliphatic rings. The Hall–Kier alpha value is -0.570. The fourth-order valence-corrected chi connectivity index (χ4v) is 0.934. The predicted octanol–water partition coefficient (Wildman–Crippen LogP) is 1.88. The minimum absolute atomic E-state index is 0.128. The molecule has 0 amide bonds. The Bertz CT molecular complexity index is 134. The number of hydrogen-bond donors (Lipinski definition) is 1. The lowest BCUT2D eigenvalue weighted by molar-refractivity contribution is -0.146. The zero-order valence-corrected chi connectivity index (χ0v) is 8.58. The van der Waals surface area contributed by atoms with E-state index in [9.17, 15) is 4.79 Å². The molecule has 0 aromatic carbocycles. The normalized spacial score (nSPS) is 12.5. The second-order valence-corrected chi connectivity index (χ2v) is 3.19. The van der Waals surface area contributed by atoms with Crippen LogP contribution in [-0.4, -0.2) is 23.8 Å². The summed E-state index contributed by atoms with van der Waals surface area (Å²) in [5.41, 5.74) is 0. The molecule has 1 N–H and O–H groups in total. The number of aliphatic hydroxyl groups excluding tert-OH is 1. The summed E-state index contributed by atoms with van der Waals surface area (Å²) in [6.07, 6.45) is 3.31. The standard InChI is InChI=1S/C10H20O3/c1-3-5-6-7-13-10(12)8-9(11)4-2/h9,11H,3-8H2,1-2H3/t9-/m0/s1. The van der Waals surface area contributed by atoms with Crippen molar-refractivity contribution in [3.63, 3.8) is 0 Å². The fourth-order valence-electron chi connectivity index (χ4n) is 0.934. The summed E-state index contributed by atoms with van der Waals surface area (Å²) < 4.78 is 4.92. The third-order valence-electron chi connectivity index (χ3n) is 1.88. The molecular formula is C10H20O3. The first-order chi connectivity index (χ1) is 6.20. The number of ether oxygens (including phenoxy) is 1. The topological polar surface area (TPSA) is 46.5 Å². The van der Waals surface area contributed by atoms with Gasteiger partial charge in [0.1, 0.15) is 0 Å². The van der Waals surface area contributed by atoms with Gasteiger partial charge in [-0.1, -0.05) is 26.7 Å². The number of carbonyl (C=O) groups is 1. The highest BCUT2D eigenvalue weighted by Gasteiger charge is 2.08. The maximum atomic E-state index is 11.0. The van der Waals surface area contributed by atoms with Crippen molar-refractivity contribution < 1.29 is 14.6 Å². The summed E-state index contributed by atoms with van der Waals surface area (Å²) in [5, 5.41) is 9.13. The van der Waals surface area contributed by atoms with Crippen LogP contribution < -0.4 is 0 Å². The summed E-state index contributed by atoms with van der Waals surface area (Å²) >= 11 is 0. The average molecular weight is 188 g/mol. The Morgan fingerprint density at radius 1 is 1.38 bits per heavy atom. The lowest BCUT2D eigenvalue weighted by Gasteiger charge is -2.07. The van der Waals surface area contributed by atoms with Crippen molar-refractivity contribution in [3.05, 3.63) is 0 Å². The minimum Gasteiger partial charge on any atom is -0.466 e. The molecule has 3 heteroatoms. The molecule has 1 atom stereocenters. The minimum atomic E-state index is -0.543. The quantitative estimate of drug-likeness (QED) is 0.490. The van der Waals surface area contributed by atoms with E-state index >= 15 is 0 Å². The first-order valence-corrected chi connectivity index (χ1v) is 5.04. The van der Waals surface area contributed by atoms with Crippen LogP contribution >= 0.6 is 0 Å². The molecule has 13 heavy (non-hydrogen) atoms. The van der Waals surface area contributed by atoms with E-state index in [-0.39, 0.29) is 12.4 Å². The zero-order chi connectivity index (χ0) is 10.1. The highest BCUT2D eigenvalue weighted by Crippen LogP contribution is 2.00. The lowest BCUT2D eigenvalue weighted by atomic mass is 10.2. The van der Waals surface area contributed by atoms with Crippen LogP contribution in [0.5, 0.6) is 0 Å². The molecule has 0 aliphatic heterocycles. The van der Waals surface area contributed by atoms with Gasteiger partial charge in [-0.2, -0.15) is 0 Å². The van der Waals surface area contributed by atoms with E-state index in [1.807, 2.05) is 6.92 Å². The van der Waals surface area contributed by atoms with Gasteiger partial charge in [0.2, 0.25) is 0 Å². The summed E-state index contributed by atoms with van der Waals surface area (Å²) in [5.74, 6) is -0.287. The molecule has 0 aromatic rings. The fraction of sp³-hybridized carbons (Fsp3) is 0.900. The maximum absolute atomic E-state index is 11.0. The zero-order valence-electron chi connectivity index (χ0n) is 8.58. The molecule has 0 fully saturated rings. The van der Waals surface area contributed by atoms with E-state index in [0.29, 0.717) is 13.0 Å². The van der Waals surface area contributed by atoms with Gasteiger partial charge >= 0.3 is 5.97 Å². The SMILES string of the molecule is CCCCCOC(=O)C[C@@H](O)CC. The van der Waals surface area contributed by atoms with Gasteiger partial charge in [0.15, 0.2) is 0 Å². The van der Waals surface area contributed by atoms with Gasteiger partial charge in [-0.15, -0.1) is 0 Å². The number of rotatable bonds is 7. The summed E-state index contributed by atoms with van der Waals surface area (Å²) in [6.45, 7) is 4.43. The van der Waals surface area contributed by atoms with Crippen molar-refractivity contribution in [2.24, 2.45) is 0 Å². The summed E-state index contributed by atoms with van der Waals surface area (Å²) in [7, 11) is 0. The Balaban J connectivity index is 3.30. The molecule has 0 spiro atoms. The summed E-state index contributed by atoms with van der Waals surface area (Å²) in [4.78, 5) is 11.0. The molecule has 0 heterocycles. The highest BCUT2D eigenvalue weighted by molar-refractivity contribution is 5.69. The average Bonchev–Trinajstić information content (AvgIpc) is 2.12.